The molecule has 2 atom stereocenters. The van der Waals surface area contributed by atoms with E-state index in [9.17, 15) is 19.2 Å². The molecule has 4 heterocycles. The number of carbonyl (C=O) groups excluding carboxylic acids is 3. The van der Waals surface area contributed by atoms with Crippen LogP contribution in [0.2, 0.25) is 0 Å². The summed E-state index contributed by atoms with van der Waals surface area (Å²) in [7, 11) is 0. The van der Waals surface area contributed by atoms with Crippen LogP contribution in [0.4, 0.5) is 14.9 Å². The fourth-order valence-corrected chi connectivity index (χ4v) is 6.95. The summed E-state index contributed by atoms with van der Waals surface area (Å²) in [6.07, 6.45) is 0.869. The first-order valence-electron chi connectivity index (χ1n) is 15.3. The van der Waals surface area contributed by atoms with E-state index in [1.165, 1.54) is 6.07 Å². The molecular weight excluding hydrogens is 593 g/mol. The van der Waals surface area contributed by atoms with E-state index < -0.39 is 18.1 Å². The maximum absolute atomic E-state index is 15.1. The maximum Gasteiger partial charge on any atom is 0.407 e. The number of hydrogen-bond donors (Lipinski definition) is 3. The van der Waals surface area contributed by atoms with Crippen molar-refractivity contribution in [1.82, 2.24) is 14.9 Å². The summed E-state index contributed by atoms with van der Waals surface area (Å²) >= 11 is 0. The van der Waals surface area contributed by atoms with Crippen LogP contribution >= 0.6 is 0 Å². The minimum Gasteiger partial charge on any atom is -0.460 e. The van der Waals surface area contributed by atoms with Gasteiger partial charge in [0.05, 0.1) is 47.5 Å². The SMILES string of the molecule is CC[C@H]1C(=O)OCc2c1cc1n(c2=O)Cc2c-1nc1cc(F)c(C)c3c1c2[C@@H](NC(=O)OCc1ccc(NC(=O)CN)cc1)CC3. The van der Waals surface area contributed by atoms with Crippen molar-refractivity contribution >= 4 is 34.6 Å². The van der Waals surface area contributed by atoms with Gasteiger partial charge in [-0.2, -0.15) is 0 Å². The van der Waals surface area contributed by atoms with Crippen LogP contribution in [0.25, 0.3) is 22.3 Å². The van der Waals surface area contributed by atoms with E-state index in [2.05, 4.69) is 10.6 Å². The molecule has 7 rings (SSSR count). The number of alkyl carbamates (subject to hydrolysis) is 1. The number of fused-ring (bicyclic) bond motifs is 5. The third-order valence-corrected chi connectivity index (χ3v) is 9.28. The summed E-state index contributed by atoms with van der Waals surface area (Å²) in [4.78, 5) is 55.9. The highest BCUT2D eigenvalue weighted by molar-refractivity contribution is 5.94. The van der Waals surface area contributed by atoms with Crippen LogP contribution in [-0.2, 0) is 45.2 Å². The number of hydrogen-bond acceptors (Lipinski definition) is 8. The number of anilines is 1. The molecule has 4 N–H and O–H groups in total. The molecule has 4 aromatic rings. The highest BCUT2D eigenvalue weighted by atomic mass is 19.1. The van der Waals surface area contributed by atoms with Gasteiger partial charge in [-0.25, -0.2) is 14.2 Å². The van der Waals surface area contributed by atoms with Crippen LogP contribution in [0.3, 0.4) is 0 Å². The number of ether oxygens (including phenoxy) is 2. The number of aromatic nitrogens is 2. The molecule has 0 fully saturated rings. The van der Waals surface area contributed by atoms with Gasteiger partial charge in [0.2, 0.25) is 5.91 Å². The number of nitrogens with two attached hydrogens (primary N) is 1. The van der Waals surface area contributed by atoms with Crippen molar-refractivity contribution in [1.29, 1.82) is 0 Å². The average Bonchev–Trinajstić information content (AvgIpc) is 3.42. The number of aryl methyl sites for hydroxylation is 1. The normalized spacial score (nSPS) is 17.5. The van der Waals surface area contributed by atoms with E-state index in [-0.39, 0.29) is 49.6 Å². The minimum atomic E-state index is -0.629. The Bertz CT molecular complexity index is 2020. The van der Waals surface area contributed by atoms with Gasteiger partial charge in [-0.15, -0.1) is 0 Å². The Kier molecular flexibility index (Phi) is 7.31. The lowest BCUT2D eigenvalue weighted by molar-refractivity contribution is -0.148. The fraction of sp³-hybridized carbons (Fsp3) is 0.324. The zero-order valence-corrected chi connectivity index (χ0v) is 25.4. The van der Waals surface area contributed by atoms with Gasteiger partial charge in [0.25, 0.3) is 5.56 Å². The van der Waals surface area contributed by atoms with Crippen molar-refractivity contribution in [2.45, 2.75) is 64.8 Å². The number of amides is 2. The van der Waals surface area contributed by atoms with Crippen LogP contribution < -0.4 is 21.9 Å². The lowest BCUT2D eigenvalue weighted by Crippen LogP contribution is -2.33. The molecule has 0 radical (unpaired) electrons. The Hall–Kier alpha value is -5.10. The number of esters is 1. The molecule has 236 valence electrons. The zero-order chi connectivity index (χ0) is 32.3. The predicted molar refractivity (Wildman–Crippen MR) is 167 cm³/mol. The molecule has 12 heteroatoms. The third kappa shape index (κ3) is 4.80. The van der Waals surface area contributed by atoms with Crippen molar-refractivity contribution in [3.63, 3.8) is 0 Å². The first-order valence-corrected chi connectivity index (χ1v) is 15.3. The number of halogens is 1. The second kappa shape index (κ2) is 11.4. The molecule has 2 aliphatic heterocycles. The van der Waals surface area contributed by atoms with Crippen LogP contribution in [0, 0.1) is 12.7 Å². The van der Waals surface area contributed by atoms with Crippen molar-refractivity contribution < 1.29 is 28.2 Å². The van der Waals surface area contributed by atoms with Crippen molar-refractivity contribution in [3.8, 4) is 11.4 Å². The van der Waals surface area contributed by atoms with Gasteiger partial charge >= 0.3 is 12.1 Å². The first kappa shape index (κ1) is 29.6. The summed E-state index contributed by atoms with van der Waals surface area (Å²) in [5.41, 5.74) is 12.0. The van der Waals surface area contributed by atoms with Crippen molar-refractivity contribution in [2.24, 2.45) is 5.73 Å². The number of carbonyl (C=O) groups is 3. The Morgan fingerprint density at radius 3 is 2.67 bits per heavy atom. The number of cyclic esters (lactones) is 1. The third-order valence-electron chi connectivity index (χ3n) is 9.28. The quantitative estimate of drug-likeness (QED) is 0.237. The molecule has 2 aromatic heterocycles. The van der Waals surface area contributed by atoms with Crippen LogP contribution in [-0.4, -0.2) is 34.1 Å². The van der Waals surface area contributed by atoms with Crippen LogP contribution in [0.5, 0.6) is 0 Å². The van der Waals surface area contributed by atoms with E-state index in [4.69, 9.17) is 20.2 Å². The smallest absolute Gasteiger partial charge is 0.407 e. The molecule has 0 saturated heterocycles. The molecule has 2 amide bonds. The molecule has 0 saturated carbocycles. The van der Waals surface area contributed by atoms with Crippen LogP contribution in [0.15, 0.2) is 41.2 Å². The predicted octanol–water partition coefficient (Wildman–Crippen LogP) is 4.23. The van der Waals surface area contributed by atoms with Gasteiger partial charge in [0.15, 0.2) is 0 Å². The monoisotopic (exact) mass is 625 g/mol. The fourth-order valence-electron chi connectivity index (χ4n) is 6.95. The van der Waals surface area contributed by atoms with Gasteiger partial charge in [0, 0.05) is 22.7 Å². The average molecular weight is 626 g/mol. The minimum absolute atomic E-state index is 0.000212. The van der Waals surface area contributed by atoms with E-state index >= 15 is 4.39 Å². The van der Waals surface area contributed by atoms with Crippen molar-refractivity contribution in [3.05, 3.63) is 91.5 Å². The summed E-state index contributed by atoms with van der Waals surface area (Å²) in [6, 6.07) is 9.65. The van der Waals surface area contributed by atoms with Gasteiger partial charge in [-0.1, -0.05) is 19.1 Å². The Morgan fingerprint density at radius 2 is 1.93 bits per heavy atom. The van der Waals surface area contributed by atoms with Gasteiger partial charge in [-0.05, 0) is 72.2 Å². The molecule has 0 unspecified atom stereocenters. The molecule has 11 nitrogen and oxygen atoms in total. The number of nitrogens with one attached hydrogen (secondary N) is 2. The second-order valence-electron chi connectivity index (χ2n) is 11.9. The lowest BCUT2D eigenvalue weighted by Gasteiger charge is -2.29. The van der Waals surface area contributed by atoms with Crippen LogP contribution in [0.1, 0.15) is 70.7 Å². The van der Waals surface area contributed by atoms with E-state index in [0.29, 0.717) is 58.5 Å². The molecular formula is C34H32FN5O6. The molecule has 46 heavy (non-hydrogen) atoms. The molecule has 0 bridgehead atoms. The number of benzene rings is 2. The molecule has 2 aromatic carbocycles. The van der Waals surface area contributed by atoms with Gasteiger partial charge < -0.3 is 30.4 Å². The number of rotatable bonds is 6. The highest BCUT2D eigenvalue weighted by Gasteiger charge is 2.37. The molecule has 1 aliphatic carbocycles. The summed E-state index contributed by atoms with van der Waals surface area (Å²) in [5, 5.41) is 6.45. The lowest BCUT2D eigenvalue weighted by atomic mass is 9.81. The van der Waals surface area contributed by atoms with E-state index in [1.807, 2.05) is 13.0 Å². The Labute approximate surface area is 262 Å². The largest absolute Gasteiger partial charge is 0.460 e. The standard InChI is InChI=1S/C34H32FN5O6/c1-3-19-21-10-27-31-22(13-40(27)32(42)23(21)15-45-33(19)43)30-25(9-8-20-16(2)24(35)11-26(38-31)29(20)30)39-34(44)46-14-17-4-6-18(7-5-17)37-28(41)12-36/h4-7,10-11,19,25H,3,8-9,12-15,36H2,1-2H3,(H,37,41)(H,39,44)/t19-,25+/m1/s1. The van der Waals surface area contributed by atoms with E-state index in [0.717, 1.165) is 27.6 Å². The topological polar surface area (TPSA) is 155 Å². The molecule has 3 aliphatic rings. The number of pyridine rings is 2. The van der Waals surface area contributed by atoms with Gasteiger partial charge in [0.1, 0.15) is 19.0 Å². The zero-order valence-electron chi connectivity index (χ0n) is 25.4. The van der Waals surface area contributed by atoms with Gasteiger partial charge in [-0.3, -0.25) is 14.4 Å². The number of nitrogens with zero attached hydrogens (tertiary/aromatic N) is 2. The maximum atomic E-state index is 15.1. The summed E-state index contributed by atoms with van der Waals surface area (Å²) < 4.78 is 27.7. The first-order chi connectivity index (χ1) is 22.2. The van der Waals surface area contributed by atoms with Crippen molar-refractivity contribution in [2.75, 3.05) is 11.9 Å². The second-order valence-corrected chi connectivity index (χ2v) is 11.9. The Morgan fingerprint density at radius 1 is 1.15 bits per heavy atom. The summed E-state index contributed by atoms with van der Waals surface area (Å²) in [5.74, 6) is -1.59. The summed E-state index contributed by atoms with van der Waals surface area (Å²) in [6.45, 7) is 3.62. The molecule has 0 spiro atoms. The highest BCUT2D eigenvalue weighted by Crippen LogP contribution is 2.45. The Balaban J connectivity index is 1.24. The van der Waals surface area contributed by atoms with E-state index in [1.54, 1.807) is 35.8 Å².